The number of nitro groups is 1. The Morgan fingerprint density at radius 2 is 2.32 bits per heavy atom. The van der Waals surface area contributed by atoms with E-state index in [1.807, 2.05) is 0 Å². The number of nitro benzene ring substituents is 1. The molecule has 1 atom stereocenters. The maximum atomic E-state index is 10.6. The van der Waals surface area contributed by atoms with Gasteiger partial charge >= 0.3 is 0 Å². The van der Waals surface area contributed by atoms with Crippen LogP contribution >= 0.6 is 11.6 Å². The van der Waals surface area contributed by atoms with Crippen molar-refractivity contribution in [3.63, 3.8) is 0 Å². The van der Waals surface area contributed by atoms with Crippen LogP contribution in [-0.4, -0.2) is 24.1 Å². The highest BCUT2D eigenvalue weighted by Gasteiger charge is 2.13. The van der Waals surface area contributed by atoms with Gasteiger partial charge in [0.1, 0.15) is 0 Å². The molecule has 0 aliphatic carbocycles. The van der Waals surface area contributed by atoms with Crippen molar-refractivity contribution in [3.05, 3.63) is 38.9 Å². The van der Waals surface area contributed by atoms with Crippen LogP contribution < -0.4 is 5.32 Å². The van der Waals surface area contributed by atoms with Crippen LogP contribution in [0, 0.1) is 10.1 Å². The Balaban J connectivity index is 1.83. The highest BCUT2D eigenvalue weighted by Crippen LogP contribution is 2.23. The van der Waals surface area contributed by atoms with Crippen molar-refractivity contribution in [3.8, 4) is 0 Å². The summed E-state index contributed by atoms with van der Waals surface area (Å²) in [4.78, 5) is 10.1. The summed E-state index contributed by atoms with van der Waals surface area (Å²) in [5.41, 5.74) is 0.783. The molecule has 1 aliphatic rings. The molecule has 1 N–H and O–H groups in total. The van der Waals surface area contributed by atoms with Crippen molar-refractivity contribution in [1.29, 1.82) is 0 Å². The number of nitrogens with one attached hydrogen (secondary N) is 1. The fourth-order valence-electron chi connectivity index (χ4n) is 2.14. The van der Waals surface area contributed by atoms with E-state index in [4.69, 9.17) is 16.3 Å². The predicted molar refractivity (Wildman–Crippen MR) is 73.4 cm³/mol. The van der Waals surface area contributed by atoms with Crippen LogP contribution in [0.4, 0.5) is 5.69 Å². The smallest absolute Gasteiger partial charge is 0.270 e. The van der Waals surface area contributed by atoms with Crippen LogP contribution in [0.3, 0.4) is 0 Å². The van der Waals surface area contributed by atoms with Crippen LogP contribution in [0.25, 0.3) is 0 Å². The van der Waals surface area contributed by atoms with Gasteiger partial charge in [0, 0.05) is 18.2 Å². The standard InChI is InChI=1S/C13H17ClN2O3/c14-13-7-12(16(17)18)5-4-10(13)8-19-9-11-3-1-2-6-15-11/h4-5,7,11,15H,1-3,6,8-9H2. The molecule has 0 bridgehead atoms. The molecule has 1 heterocycles. The molecule has 6 heteroatoms. The van der Waals surface area contributed by atoms with Crippen molar-refractivity contribution >= 4 is 17.3 Å². The average molecular weight is 285 g/mol. The Hall–Kier alpha value is -1.17. The van der Waals surface area contributed by atoms with Gasteiger partial charge in [0.05, 0.1) is 23.2 Å². The summed E-state index contributed by atoms with van der Waals surface area (Å²) in [5.74, 6) is 0. The Morgan fingerprint density at radius 3 is 2.95 bits per heavy atom. The van der Waals surface area contributed by atoms with Crippen molar-refractivity contribution in [2.45, 2.75) is 31.9 Å². The molecular weight excluding hydrogens is 268 g/mol. The number of hydrogen-bond acceptors (Lipinski definition) is 4. The van der Waals surface area contributed by atoms with Gasteiger partial charge in [0.25, 0.3) is 5.69 Å². The molecule has 0 radical (unpaired) electrons. The van der Waals surface area contributed by atoms with Crippen LogP contribution in [0.15, 0.2) is 18.2 Å². The maximum absolute atomic E-state index is 10.6. The second kappa shape index (κ2) is 6.84. The molecular formula is C13H17ClN2O3. The first-order valence-electron chi connectivity index (χ1n) is 6.41. The monoisotopic (exact) mass is 284 g/mol. The third kappa shape index (κ3) is 4.16. The molecule has 2 rings (SSSR count). The summed E-state index contributed by atoms with van der Waals surface area (Å²) in [6, 6.07) is 4.86. The minimum atomic E-state index is -0.456. The van der Waals surface area contributed by atoms with Crippen molar-refractivity contribution in [2.75, 3.05) is 13.2 Å². The van der Waals surface area contributed by atoms with Crippen LogP contribution in [0.2, 0.25) is 5.02 Å². The molecule has 0 spiro atoms. The number of ether oxygens (including phenoxy) is 1. The van der Waals surface area contributed by atoms with E-state index in [1.165, 1.54) is 25.0 Å². The number of piperidine rings is 1. The zero-order valence-electron chi connectivity index (χ0n) is 10.6. The highest BCUT2D eigenvalue weighted by atomic mass is 35.5. The van der Waals surface area contributed by atoms with E-state index in [1.54, 1.807) is 6.07 Å². The van der Waals surface area contributed by atoms with Crippen molar-refractivity contribution in [2.24, 2.45) is 0 Å². The van der Waals surface area contributed by atoms with E-state index in [2.05, 4.69) is 5.32 Å². The number of nitrogens with zero attached hydrogens (tertiary/aromatic N) is 1. The van der Waals surface area contributed by atoms with E-state index in [-0.39, 0.29) is 5.69 Å². The molecule has 1 aromatic rings. The summed E-state index contributed by atoms with van der Waals surface area (Å²) in [6.07, 6.45) is 3.60. The molecule has 1 unspecified atom stereocenters. The predicted octanol–water partition coefficient (Wildman–Crippen LogP) is 2.91. The van der Waals surface area contributed by atoms with E-state index >= 15 is 0 Å². The second-order valence-corrected chi connectivity index (χ2v) is 5.10. The first kappa shape index (κ1) is 14.2. The Bertz CT molecular complexity index is 448. The SMILES string of the molecule is O=[N+]([O-])c1ccc(COCC2CCCCN2)c(Cl)c1. The minimum absolute atomic E-state index is 0.00250. The molecule has 0 aromatic heterocycles. The lowest BCUT2D eigenvalue weighted by molar-refractivity contribution is -0.384. The lowest BCUT2D eigenvalue weighted by atomic mass is 10.1. The first-order chi connectivity index (χ1) is 9.16. The zero-order chi connectivity index (χ0) is 13.7. The lowest BCUT2D eigenvalue weighted by Gasteiger charge is -2.23. The van der Waals surface area contributed by atoms with Crippen molar-refractivity contribution in [1.82, 2.24) is 5.32 Å². The summed E-state index contributed by atoms with van der Waals surface area (Å²) in [7, 11) is 0. The Kier molecular flexibility index (Phi) is 5.13. The number of rotatable bonds is 5. The van der Waals surface area contributed by atoms with Gasteiger partial charge in [-0.1, -0.05) is 18.0 Å². The summed E-state index contributed by atoms with van der Waals surface area (Å²) in [6.45, 7) is 2.08. The van der Waals surface area contributed by atoms with Gasteiger partial charge in [-0.15, -0.1) is 0 Å². The van der Waals surface area contributed by atoms with Crippen LogP contribution in [0.1, 0.15) is 24.8 Å². The number of non-ortho nitro benzene ring substituents is 1. The quantitative estimate of drug-likeness (QED) is 0.667. The summed E-state index contributed by atoms with van der Waals surface area (Å²) >= 11 is 5.99. The molecule has 104 valence electrons. The van der Waals surface area contributed by atoms with Gasteiger partial charge < -0.3 is 10.1 Å². The number of benzene rings is 1. The van der Waals surface area contributed by atoms with E-state index in [9.17, 15) is 10.1 Å². The van der Waals surface area contributed by atoms with Crippen LogP contribution in [0.5, 0.6) is 0 Å². The molecule has 0 saturated carbocycles. The minimum Gasteiger partial charge on any atom is -0.375 e. The number of halogens is 1. The number of hydrogen-bond donors (Lipinski definition) is 1. The summed E-state index contributed by atoms with van der Waals surface area (Å²) < 4.78 is 5.62. The van der Waals surface area contributed by atoms with Gasteiger partial charge in [0.15, 0.2) is 0 Å². The Labute approximate surface area is 117 Å². The van der Waals surface area contributed by atoms with E-state index in [0.717, 1.165) is 18.5 Å². The highest BCUT2D eigenvalue weighted by molar-refractivity contribution is 6.31. The molecule has 5 nitrogen and oxygen atoms in total. The fraction of sp³-hybridized carbons (Fsp3) is 0.538. The third-order valence-corrected chi connectivity index (χ3v) is 3.59. The zero-order valence-corrected chi connectivity index (χ0v) is 11.4. The van der Waals surface area contributed by atoms with E-state index < -0.39 is 4.92 Å². The topological polar surface area (TPSA) is 64.4 Å². The van der Waals surface area contributed by atoms with Gasteiger partial charge in [-0.25, -0.2) is 0 Å². The fourth-order valence-corrected chi connectivity index (χ4v) is 2.37. The summed E-state index contributed by atoms with van der Waals surface area (Å²) in [5, 5.41) is 14.4. The maximum Gasteiger partial charge on any atom is 0.270 e. The van der Waals surface area contributed by atoms with Crippen molar-refractivity contribution < 1.29 is 9.66 Å². The lowest BCUT2D eigenvalue weighted by Crippen LogP contribution is -2.37. The Morgan fingerprint density at radius 1 is 1.47 bits per heavy atom. The van der Waals surface area contributed by atoms with Crippen LogP contribution in [-0.2, 0) is 11.3 Å². The van der Waals surface area contributed by atoms with Gasteiger partial charge in [-0.2, -0.15) is 0 Å². The average Bonchev–Trinajstić information content (AvgIpc) is 2.41. The molecule has 1 fully saturated rings. The van der Waals surface area contributed by atoms with Gasteiger partial charge in [-0.05, 0) is 31.0 Å². The normalized spacial score (nSPS) is 19.3. The molecule has 1 saturated heterocycles. The molecule has 1 aromatic carbocycles. The third-order valence-electron chi connectivity index (χ3n) is 3.24. The second-order valence-electron chi connectivity index (χ2n) is 4.69. The molecule has 1 aliphatic heterocycles. The van der Waals surface area contributed by atoms with E-state index in [0.29, 0.717) is 24.3 Å². The molecule has 19 heavy (non-hydrogen) atoms. The van der Waals surface area contributed by atoms with Gasteiger partial charge in [0.2, 0.25) is 0 Å². The first-order valence-corrected chi connectivity index (χ1v) is 6.78. The largest absolute Gasteiger partial charge is 0.375 e. The van der Waals surface area contributed by atoms with Gasteiger partial charge in [-0.3, -0.25) is 10.1 Å². The molecule has 0 amide bonds.